The van der Waals surface area contributed by atoms with Crippen LogP contribution in [0.2, 0.25) is 5.02 Å². The molecule has 10 nitrogen and oxygen atoms in total. The van der Waals surface area contributed by atoms with Gasteiger partial charge in [0.15, 0.2) is 0 Å². The summed E-state index contributed by atoms with van der Waals surface area (Å²) in [5.41, 5.74) is 0.424. The van der Waals surface area contributed by atoms with Gasteiger partial charge in [-0.1, -0.05) is 29.8 Å². The lowest BCUT2D eigenvalue weighted by molar-refractivity contribution is -0.124. The van der Waals surface area contributed by atoms with E-state index in [9.17, 15) is 18.0 Å². The van der Waals surface area contributed by atoms with E-state index in [2.05, 4.69) is 16.0 Å². The minimum atomic E-state index is -3.41. The van der Waals surface area contributed by atoms with Crippen LogP contribution in [0.3, 0.4) is 0 Å². The maximum atomic E-state index is 15.4. The normalized spacial score (nSPS) is 30.0. The number of methoxy groups -OCH3 is 1. The number of hydrogen-bond donors (Lipinski definition) is 3. The van der Waals surface area contributed by atoms with Crippen LogP contribution >= 0.6 is 11.6 Å². The second-order valence-corrected chi connectivity index (χ2v) is 15.0. The topological polar surface area (TPSA) is 126 Å². The van der Waals surface area contributed by atoms with E-state index in [1.54, 1.807) is 22.5 Å². The lowest BCUT2D eigenvalue weighted by Crippen LogP contribution is -2.60. The number of benzene rings is 2. The van der Waals surface area contributed by atoms with Crippen LogP contribution in [-0.2, 0) is 36.1 Å². The van der Waals surface area contributed by atoms with Crippen molar-refractivity contribution >= 4 is 39.3 Å². The number of rotatable bonds is 8. The van der Waals surface area contributed by atoms with Crippen molar-refractivity contribution in [2.75, 3.05) is 31.3 Å². The van der Waals surface area contributed by atoms with E-state index in [4.69, 9.17) is 21.1 Å². The molecule has 3 fully saturated rings. The first-order valence-corrected chi connectivity index (χ1v) is 17.5. The first kappa shape index (κ1) is 33.6. The number of carbonyl (C=O) groups is 2. The monoisotopic (exact) mass is 664 g/mol. The first-order chi connectivity index (χ1) is 21.4. The smallest absolute Gasteiger partial charge is 0.407 e. The first-order valence-electron chi connectivity index (χ1n) is 15.5. The molecule has 2 aromatic carbocycles. The number of alkyl carbamates (subject to hydrolysis) is 1. The van der Waals surface area contributed by atoms with Gasteiger partial charge in [0.25, 0.3) is 0 Å². The van der Waals surface area contributed by atoms with Gasteiger partial charge >= 0.3 is 6.09 Å². The molecule has 3 heterocycles. The minimum absolute atomic E-state index is 0.106. The van der Waals surface area contributed by atoms with Crippen LogP contribution in [0.15, 0.2) is 42.5 Å². The fourth-order valence-corrected chi connectivity index (χ4v) is 9.28. The van der Waals surface area contributed by atoms with Gasteiger partial charge in [-0.05, 0) is 82.2 Å². The third-order valence-corrected chi connectivity index (χ3v) is 11.5. The fourth-order valence-electron chi connectivity index (χ4n) is 7.34. The van der Waals surface area contributed by atoms with Crippen molar-refractivity contribution in [2.24, 2.45) is 0 Å². The summed E-state index contributed by atoms with van der Waals surface area (Å²) in [6.45, 7) is 4.73. The number of piperazine rings is 1. The number of carbonyl (C=O) groups excluding carboxylic acids is 2. The molecule has 2 aromatic rings. The number of anilines is 1. The van der Waals surface area contributed by atoms with Gasteiger partial charge in [-0.3, -0.25) is 4.79 Å². The molecule has 45 heavy (non-hydrogen) atoms. The lowest BCUT2D eigenvalue weighted by atomic mass is 9.65. The minimum Gasteiger partial charge on any atom is -0.453 e. The Labute approximate surface area is 269 Å². The molecular formula is C32H42ClFN4O6S. The number of fused-ring (bicyclic) bond motifs is 2. The predicted molar refractivity (Wildman–Crippen MR) is 170 cm³/mol. The van der Waals surface area contributed by atoms with Crippen molar-refractivity contribution in [3.05, 3.63) is 64.4 Å². The summed E-state index contributed by atoms with van der Waals surface area (Å²) in [4.78, 5) is 27.0. The Balaban J connectivity index is 1.44. The number of nitrogens with one attached hydrogen (secondary N) is 3. The molecule has 3 saturated heterocycles. The quantitative estimate of drug-likeness (QED) is 0.383. The third-order valence-electron chi connectivity index (χ3n) is 9.32. The van der Waals surface area contributed by atoms with Crippen LogP contribution in [-0.4, -0.2) is 81.0 Å². The molecule has 0 radical (unpaired) electrons. The van der Waals surface area contributed by atoms with Gasteiger partial charge in [0.2, 0.25) is 15.9 Å². The molecule has 0 spiro atoms. The van der Waals surface area contributed by atoms with E-state index < -0.39 is 39.3 Å². The largest absolute Gasteiger partial charge is 0.453 e. The Morgan fingerprint density at radius 1 is 1.18 bits per heavy atom. The zero-order chi connectivity index (χ0) is 32.4. The van der Waals surface area contributed by atoms with E-state index in [1.165, 1.54) is 19.2 Å². The number of amides is 2. The van der Waals surface area contributed by atoms with Gasteiger partial charge in [-0.15, -0.1) is 0 Å². The van der Waals surface area contributed by atoms with Crippen LogP contribution in [0.25, 0.3) is 0 Å². The second kappa shape index (κ2) is 13.9. The van der Waals surface area contributed by atoms with Gasteiger partial charge in [-0.25, -0.2) is 17.6 Å². The van der Waals surface area contributed by atoms with Gasteiger partial charge in [-0.2, -0.15) is 4.31 Å². The molecule has 3 aliphatic rings. The molecule has 2 amide bonds. The number of halogens is 2. The Morgan fingerprint density at radius 2 is 1.89 bits per heavy atom. The van der Waals surface area contributed by atoms with Crippen molar-refractivity contribution in [2.45, 2.75) is 88.1 Å². The molecule has 5 rings (SSSR count). The molecule has 13 heteroatoms. The molecule has 3 N–H and O–H groups in total. The summed E-state index contributed by atoms with van der Waals surface area (Å²) in [5.74, 6) is -0.943. The fraction of sp³-hybridized carbons (Fsp3) is 0.562. The number of ether oxygens (including phenoxy) is 2. The third kappa shape index (κ3) is 7.46. The highest BCUT2D eigenvalue weighted by Gasteiger charge is 2.50. The number of nitrogens with zero attached hydrogens (tertiary/aromatic N) is 1. The van der Waals surface area contributed by atoms with Gasteiger partial charge in [0.1, 0.15) is 11.9 Å². The number of hydrogen-bond acceptors (Lipinski definition) is 7. The second-order valence-electron chi connectivity index (χ2n) is 12.5. The highest BCUT2D eigenvalue weighted by molar-refractivity contribution is 7.89. The summed E-state index contributed by atoms with van der Waals surface area (Å²) in [6.07, 6.45) is 1.55. The van der Waals surface area contributed by atoms with Crippen molar-refractivity contribution < 1.29 is 31.9 Å². The highest BCUT2D eigenvalue weighted by atomic mass is 35.5. The van der Waals surface area contributed by atoms with E-state index >= 15 is 4.39 Å². The van der Waals surface area contributed by atoms with Gasteiger partial charge in [0, 0.05) is 46.9 Å². The average molecular weight is 665 g/mol. The molecular weight excluding hydrogens is 623 g/mol. The highest BCUT2D eigenvalue weighted by Crippen LogP contribution is 2.43. The van der Waals surface area contributed by atoms with Gasteiger partial charge in [0.05, 0.1) is 25.1 Å². The van der Waals surface area contributed by atoms with Crippen LogP contribution < -0.4 is 16.0 Å². The zero-order valence-electron chi connectivity index (χ0n) is 25.9. The SMILES string of the molecule is COC(=O)N[C@H](C(=O)Nc1cccc(F)c1CC[C@H]1CN[C@@H]2CCCS(=O)(=O)N1C2)C1(c2ccc(Cl)cc2)C[C@@H](C)O[C@@H](C)C1. The van der Waals surface area contributed by atoms with E-state index in [1.807, 2.05) is 26.0 Å². The molecule has 0 aliphatic carbocycles. The molecule has 2 unspecified atom stereocenters. The predicted octanol–water partition coefficient (Wildman–Crippen LogP) is 4.37. The van der Waals surface area contributed by atoms with Crippen LogP contribution in [0.5, 0.6) is 0 Å². The van der Waals surface area contributed by atoms with Crippen molar-refractivity contribution in [1.82, 2.24) is 14.9 Å². The summed E-state index contributed by atoms with van der Waals surface area (Å²) in [6, 6.07) is 10.3. The average Bonchev–Trinajstić information content (AvgIpc) is 3.10. The van der Waals surface area contributed by atoms with Crippen molar-refractivity contribution in [1.29, 1.82) is 0 Å². The van der Waals surface area contributed by atoms with E-state index in [0.717, 1.165) is 12.0 Å². The maximum Gasteiger partial charge on any atom is 0.407 e. The zero-order valence-corrected chi connectivity index (χ0v) is 27.4. The summed E-state index contributed by atoms with van der Waals surface area (Å²) >= 11 is 6.21. The summed E-state index contributed by atoms with van der Waals surface area (Å²) in [5, 5.41) is 9.65. The molecule has 0 saturated carbocycles. The Bertz CT molecular complexity index is 1480. The van der Waals surface area contributed by atoms with Crippen LogP contribution in [0, 0.1) is 5.82 Å². The molecule has 2 bridgehead atoms. The lowest BCUT2D eigenvalue weighted by Gasteiger charge is -2.47. The summed E-state index contributed by atoms with van der Waals surface area (Å²) in [7, 11) is -2.18. The molecule has 7 atom stereocenters. The Morgan fingerprint density at radius 3 is 2.58 bits per heavy atom. The van der Waals surface area contributed by atoms with E-state index in [0.29, 0.717) is 43.8 Å². The maximum absolute atomic E-state index is 15.4. The van der Waals surface area contributed by atoms with Crippen molar-refractivity contribution in [3.63, 3.8) is 0 Å². The Hall–Kier alpha value is -2.77. The van der Waals surface area contributed by atoms with Gasteiger partial charge < -0.3 is 25.4 Å². The standard InChI is InChI=1S/C32H42ClFN4O6S/c1-20-16-32(17-21(2)44-20,22-9-11-23(33)12-10-22)29(37-31(40)43-3)30(39)36-28-8-4-7-27(34)26(28)14-13-25-18-35-24-6-5-15-45(41,42)38(25)19-24/h4,7-12,20-21,24-25,29,35H,5-6,13-19H2,1-3H3,(H,36,39)(H,37,40)/t20-,21+,24-,25+,29-,32?/m1/s1. The van der Waals surface area contributed by atoms with Crippen molar-refractivity contribution in [3.8, 4) is 0 Å². The molecule has 246 valence electrons. The molecule has 0 aromatic heterocycles. The van der Waals surface area contributed by atoms with Crippen LogP contribution in [0.4, 0.5) is 14.9 Å². The Kier molecular flexibility index (Phi) is 10.4. The van der Waals surface area contributed by atoms with Crippen LogP contribution in [0.1, 0.15) is 57.1 Å². The molecule has 3 aliphatic heterocycles. The summed E-state index contributed by atoms with van der Waals surface area (Å²) < 4.78 is 53.9. The number of sulfonamides is 1. The van der Waals surface area contributed by atoms with E-state index in [-0.39, 0.29) is 47.7 Å².